The van der Waals surface area contributed by atoms with Gasteiger partial charge in [-0.15, -0.1) is 0 Å². The molecule has 0 fully saturated rings. The topological polar surface area (TPSA) is 145 Å². The van der Waals surface area contributed by atoms with Crippen molar-refractivity contribution in [2.75, 3.05) is 59.1 Å². The highest BCUT2D eigenvalue weighted by Crippen LogP contribution is 2.39. The predicted octanol–water partition coefficient (Wildman–Crippen LogP) is 1.85. The Labute approximate surface area is 211 Å². The third-order valence-electron chi connectivity index (χ3n) is 5.21. The van der Waals surface area contributed by atoms with Crippen molar-refractivity contribution >= 4 is 38.7 Å². The van der Waals surface area contributed by atoms with Crippen LogP contribution in [0.2, 0.25) is 5.02 Å². The number of sulfonamides is 1. The number of phenolic OH excluding ortho intramolecular Hbond substituents is 1. The lowest BCUT2D eigenvalue weighted by molar-refractivity contribution is -0.870. The van der Waals surface area contributed by atoms with Gasteiger partial charge in [-0.2, -0.15) is 0 Å². The molecule has 0 heterocycles. The maximum atomic E-state index is 12.5. The second kappa shape index (κ2) is 12.7. The Morgan fingerprint density at radius 2 is 1.66 bits per heavy atom. The molecule has 11 nitrogen and oxygen atoms in total. The van der Waals surface area contributed by atoms with Crippen molar-refractivity contribution in [3.05, 3.63) is 37.6 Å². The van der Waals surface area contributed by atoms with Crippen LogP contribution >= 0.6 is 11.6 Å². The summed E-state index contributed by atoms with van der Waals surface area (Å²) in [6.07, 6.45) is 1.49. The van der Waals surface area contributed by atoms with Crippen molar-refractivity contribution in [3.63, 3.8) is 0 Å². The molecule has 0 radical (unpaired) electrons. The van der Waals surface area contributed by atoms with Crippen LogP contribution in [-0.4, -0.2) is 82.1 Å². The number of phenols is 1. The average molecular weight is 536 g/mol. The SMILES string of the molecule is CCC(CC)Nc1c(Nc2ccc(Cl)c(S(=O)(=O)N(C)OC)c2O)c(=O)c1=O.C[N+](C)(C)CCO. The van der Waals surface area contributed by atoms with Gasteiger partial charge in [0.2, 0.25) is 0 Å². The fraction of sp³-hybridized carbons (Fsp3) is 0.545. The van der Waals surface area contributed by atoms with Crippen molar-refractivity contribution in [1.82, 2.24) is 4.47 Å². The van der Waals surface area contributed by atoms with Crippen LogP contribution in [0.4, 0.5) is 17.1 Å². The molecule has 35 heavy (non-hydrogen) atoms. The zero-order valence-corrected chi connectivity index (χ0v) is 22.7. The Kier molecular flexibility index (Phi) is 11.1. The van der Waals surface area contributed by atoms with E-state index in [9.17, 15) is 23.1 Å². The average Bonchev–Trinajstić information content (AvgIpc) is 2.78. The summed E-state index contributed by atoms with van der Waals surface area (Å²) in [4.78, 5) is 28.0. The Balaban J connectivity index is 0.000000762. The first-order valence-corrected chi connectivity index (χ1v) is 12.8. The molecule has 0 atom stereocenters. The molecule has 4 N–H and O–H groups in total. The standard InChI is InChI=1S/C17H22ClN3O6S.C5H14NO/c1-5-9(6-2)19-12-13(16(24)15(12)23)20-11-8-7-10(18)17(14(11)22)28(25,26)21(3)27-4;1-6(2,3)4-5-7/h7-9,19-20,22H,5-6H2,1-4H3;7H,4-5H2,1-3H3/q;+1. The first-order valence-electron chi connectivity index (χ1n) is 11.0. The van der Waals surface area contributed by atoms with Gasteiger partial charge in [-0.1, -0.05) is 29.9 Å². The van der Waals surface area contributed by atoms with Crippen molar-refractivity contribution in [2.24, 2.45) is 0 Å². The number of nitrogens with zero attached hydrogens (tertiary/aromatic N) is 2. The quantitative estimate of drug-likeness (QED) is 0.146. The molecule has 0 unspecified atom stereocenters. The summed E-state index contributed by atoms with van der Waals surface area (Å²) in [5.74, 6) is -0.696. The summed E-state index contributed by atoms with van der Waals surface area (Å²) in [5, 5.41) is 24.3. The first-order chi connectivity index (χ1) is 16.2. The summed E-state index contributed by atoms with van der Waals surface area (Å²) in [6.45, 7) is 4.99. The minimum absolute atomic E-state index is 0.00560. The van der Waals surface area contributed by atoms with Gasteiger partial charge in [0, 0.05) is 13.1 Å². The predicted molar refractivity (Wildman–Crippen MR) is 138 cm³/mol. The molecule has 0 spiro atoms. The van der Waals surface area contributed by atoms with Crippen LogP contribution in [0.3, 0.4) is 0 Å². The van der Waals surface area contributed by atoms with Gasteiger partial charge in [-0.3, -0.25) is 14.4 Å². The van der Waals surface area contributed by atoms with E-state index in [1.807, 2.05) is 13.8 Å². The van der Waals surface area contributed by atoms with E-state index in [1.165, 1.54) is 12.1 Å². The highest BCUT2D eigenvalue weighted by atomic mass is 35.5. The van der Waals surface area contributed by atoms with Gasteiger partial charge in [-0.25, -0.2) is 8.42 Å². The molecule has 2 aromatic carbocycles. The van der Waals surface area contributed by atoms with Gasteiger partial charge in [-0.05, 0) is 25.0 Å². The molecular formula is C22H36ClN4O7S+. The molecule has 13 heteroatoms. The second-order valence-corrected chi connectivity index (χ2v) is 11.1. The van der Waals surface area contributed by atoms with Gasteiger partial charge in [0.1, 0.15) is 22.8 Å². The maximum Gasteiger partial charge on any atom is 0.269 e. The molecule has 2 rings (SSSR count). The summed E-state index contributed by atoms with van der Waals surface area (Å²) < 4.78 is 26.4. The van der Waals surface area contributed by atoms with Gasteiger partial charge in [0.15, 0.2) is 5.75 Å². The van der Waals surface area contributed by atoms with Gasteiger partial charge < -0.3 is 25.3 Å². The smallest absolute Gasteiger partial charge is 0.269 e. The third-order valence-corrected chi connectivity index (χ3v) is 7.39. The van der Waals surface area contributed by atoms with Gasteiger partial charge in [0.05, 0.1) is 45.6 Å². The first kappa shape index (κ1) is 30.8. The Morgan fingerprint density at radius 3 is 2.09 bits per heavy atom. The number of hydrogen-bond acceptors (Lipinski definition) is 9. The maximum absolute atomic E-state index is 12.5. The van der Waals surface area contributed by atoms with E-state index >= 15 is 0 Å². The van der Waals surface area contributed by atoms with E-state index in [2.05, 4.69) is 36.6 Å². The third kappa shape index (κ3) is 7.63. The van der Waals surface area contributed by atoms with E-state index in [0.29, 0.717) is 4.47 Å². The summed E-state index contributed by atoms with van der Waals surface area (Å²) >= 11 is 5.96. The minimum atomic E-state index is -4.26. The molecule has 0 saturated heterocycles. The molecule has 0 aliphatic rings. The number of aliphatic hydroxyl groups is 1. The molecule has 2 aromatic rings. The second-order valence-electron chi connectivity index (χ2n) is 8.80. The Hall–Kier alpha value is -2.22. The van der Waals surface area contributed by atoms with Crippen molar-refractivity contribution < 1.29 is 28.0 Å². The summed E-state index contributed by atoms with van der Waals surface area (Å²) in [7, 11) is 4.18. The van der Waals surface area contributed by atoms with E-state index < -0.39 is 31.5 Å². The molecule has 198 valence electrons. The van der Waals surface area contributed by atoms with Crippen LogP contribution in [-0.2, 0) is 14.9 Å². The fourth-order valence-electron chi connectivity index (χ4n) is 2.90. The highest BCUT2D eigenvalue weighted by Gasteiger charge is 2.30. The number of aliphatic hydroxyl groups excluding tert-OH is 1. The largest absolute Gasteiger partial charge is 0.504 e. The number of anilines is 3. The van der Waals surface area contributed by atoms with E-state index in [0.717, 1.165) is 38.0 Å². The molecule has 0 aliphatic heterocycles. The van der Waals surface area contributed by atoms with Crippen LogP contribution in [0, 0.1) is 0 Å². The van der Waals surface area contributed by atoms with Crippen LogP contribution in [0.5, 0.6) is 5.75 Å². The van der Waals surface area contributed by atoms with E-state index in [-0.39, 0.29) is 34.7 Å². The lowest BCUT2D eigenvalue weighted by Crippen LogP contribution is -2.38. The van der Waals surface area contributed by atoms with Crippen molar-refractivity contribution in [3.8, 4) is 5.75 Å². The number of benzene rings is 1. The number of aromatic hydroxyl groups is 1. The lowest BCUT2D eigenvalue weighted by atomic mass is 10.1. The zero-order chi connectivity index (χ0) is 27.1. The number of rotatable bonds is 11. The fourth-order valence-corrected chi connectivity index (χ4v) is 4.47. The number of hydrogen-bond donors (Lipinski definition) is 4. The number of likely N-dealkylation sites (N-methyl/N-ethyl adjacent to an activating group) is 1. The molecule has 0 amide bonds. The number of halogens is 1. The molecular weight excluding hydrogens is 500 g/mol. The van der Waals surface area contributed by atoms with Crippen molar-refractivity contribution in [2.45, 2.75) is 37.6 Å². The number of quaternary nitrogens is 1. The number of nitrogens with one attached hydrogen (secondary N) is 2. The molecule has 0 saturated carbocycles. The van der Waals surface area contributed by atoms with Gasteiger partial charge >= 0.3 is 0 Å². The van der Waals surface area contributed by atoms with E-state index in [4.69, 9.17) is 16.7 Å². The molecule has 0 aromatic heterocycles. The zero-order valence-electron chi connectivity index (χ0n) is 21.2. The Morgan fingerprint density at radius 1 is 1.11 bits per heavy atom. The molecule has 0 aliphatic carbocycles. The Bertz CT molecular complexity index is 1170. The van der Waals surface area contributed by atoms with Gasteiger partial charge in [0.25, 0.3) is 20.9 Å². The molecule has 0 bridgehead atoms. The van der Waals surface area contributed by atoms with Crippen LogP contribution < -0.4 is 21.5 Å². The normalized spacial score (nSPS) is 12.1. The van der Waals surface area contributed by atoms with Crippen LogP contribution in [0.1, 0.15) is 26.7 Å². The lowest BCUT2D eigenvalue weighted by Gasteiger charge is -2.21. The minimum Gasteiger partial charge on any atom is -0.504 e. The van der Waals surface area contributed by atoms with Crippen LogP contribution in [0.25, 0.3) is 0 Å². The summed E-state index contributed by atoms with van der Waals surface area (Å²) in [6, 6.07) is 2.55. The van der Waals surface area contributed by atoms with Crippen LogP contribution in [0.15, 0.2) is 26.6 Å². The monoisotopic (exact) mass is 535 g/mol. The summed E-state index contributed by atoms with van der Waals surface area (Å²) in [5.41, 5.74) is -1.47. The number of hydroxylamine groups is 1. The van der Waals surface area contributed by atoms with E-state index in [1.54, 1.807) is 0 Å². The highest BCUT2D eigenvalue weighted by molar-refractivity contribution is 7.89. The van der Waals surface area contributed by atoms with Crippen molar-refractivity contribution in [1.29, 1.82) is 0 Å².